The van der Waals surface area contributed by atoms with Crippen molar-refractivity contribution < 1.29 is 4.79 Å². The van der Waals surface area contributed by atoms with Gasteiger partial charge in [-0.3, -0.25) is 4.79 Å². The highest BCUT2D eigenvalue weighted by Crippen LogP contribution is 2.13. The molecule has 1 aliphatic heterocycles. The van der Waals surface area contributed by atoms with E-state index in [1.807, 2.05) is 25.1 Å². The molecule has 1 aromatic carbocycles. The molecule has 0 aliphatic carbocycles. The van der Waals surface area contributed by atoms with E-state index < -0.39 is 0 Å². The van der Waals surface area contributed by atoms with E-state index in [1.165, 1.54) is 5.56 Å². The molecule has 2 unspecified atom stereocenters. The predicted molar refractivity (Wildman–Crippen MR) is 81.1 cm³/mol. The molecule has 1 saturated heterocycles. The van der Waals surface area contributed by atoms with Crippen molar-refractivity contribution in [3.05, 3.63) is 34.9 Å². The molecular formula is C15H23ClN2O. The first-order valence-corrected chi connectivity index (χ1v) is 6.67. The monoisotopic (exact) mass is 282 g/mol. The lowest BCUT2D eigenvalue weighted by atomic mass is 9.94. The van der Waals surface area contributed by atoms with Crippen LogP contribution in [-0.4, -0.2) is 25.0 Å². The first kappa shape index (κ1) is 16.0. The molecular weight excluding hydrogens is 260 g/mol. The zero-order valence-corrected chi connectivity index (χ0v) is 12.6. The Morgan fingerprint density at radius 3 is 2.68 bits per heavy atom. The zero-order chi connectivity index (χ0) is 13.1. The van der Waals surface area contributed by atoms with Gasteiger partial charge in [-0.2, -0.15) is 0 Å². The van der Waals surface area contributed by atoms with Gasteiger partial charge in [-0.05, 0) is 56.0 Å². The number of benzene rings is 1. The summed E-state index contributed by atoms with van der Waals surface area (Å²) in [5.74, 6) is 0.584. The molecule has 106 valence electrons. The fraction of sp³-hybridized carbons (Fsp3) is 0.533. The van der Waals surface area contributed by atoms with Crippen molar-refractivity contribution in [3.8, 4) is 0 Å². The maximum Gasteiger partial charge on any atom is 0.251 e. The van der Waals surface area contributed by atoms with Crippen LogP contribution in [0, 0.1) is 19.8 Å². The average molecular weight is 283 g/mol. The number of piperidine rings is 1. The summed E-state index contributed by atoms with van der Waals surface area (Å²) in [6.07, 6.45) is 1.12. The minimum absolute atomic E-state index is 0. The second-order valence-electron chi connectivity index (χ2n) is 5.35. The highest BCUT2D eigenvalue weighted by molar-refractivity contribution is 5.94. The Bertz CT molecular complexity index is 448. The average Bonchev–Trinajstić information content (AvgIpc) is 2.35. The molecule has 0 aromatic heterocycles. The molecule has 1 aromatic rings. The summed E-state index contributed by atoms with van der Waals surface area (Å²) in [4.78, 5) is 12.2. The summed E-state index contributed by atoms with van der Waals surface area (Å²) >= 11 is 0. The van der Waals surface area contributed by atoms with Crippen LogP contribution < -0.4 is 10.6 Å². The molecule has 2 N–H and O–H groups in total. The van der Waals surface area contributed by atoms with Crippen LogP contribution in [0.5, 0.6) is 0 Å². The molecule has 0 bridgehead atoms. The lowest BCUT2D eigenvalue weighted by molar-refractivity contribution is 0.0915. The van der Waals surface area contributed by atoms with Gasteiger partial charge in [0.1, 0.15) is 0 Å². The maximum absolute atomic E-state index is 12.2. The number of carbonyl (C=O) groups excluding carboxylic acids is 1. The second kappa shape index (κ2) is 6.92. The Kier molecular flexibility index (Phi) is 5.83. The van der Waals surface area contributed by atoms with E-state index in [-0.39, 0.29) is 24.4 Å². The van der Waals surface area contributed by atoms with E-state index in [4.69, 9.17) is 0 Å². The molecule has 0 saturated carbocycles. The number of rotatable bonds is 2. The third-order valence-electron chi connectivity index (χ3n) is 3.91. The molecule has 0 radical (unpaired) electrons. The van der Waals surface area contributed by atoms with Crippen molar-refractivity contribution in [2.75, 3.05) is 13.1 Å². The summed E-state index contributed by atoms with van der Waals surface area (Å²) in [5, 5.41) is 6.46. The van der Waals surface area contributed by atoms with Crippen molar-refractivity contribution in [2.45, 2.75) is 33.2 Å². The van der Waals surface area contributed by atoms with E-state index in [2.05, 4.69) is 24.5 Å². The number of carbonyl (C=O) groups is 1. The van der Waals surface area contributed by atoms with Crippen molar-refractivity contribution in [3.63, 3.8) is 0 Å². The summed E-state index contributed by atoms with van der Waals surface area (Å²) in [6.45, 7) is 8.22. The standard InChI is InChI=1S/C15H22N2O.ClH/c1-10-4-5-13(8-12(10)3)15(18)17-14-9-16-7-6-11(14)2;/h4-5,8,11,14,16H,6-7,9H2,1-3H3,(H,17,18);1H. The fourth-order valence-corrected chi connectivity index (χ4v) is 2.32. The first-order chi connectivity index (χ1) is 8.58. The number of nitrogens with one attached hydrogen (secondary N) is 2. The summed E-state index contributed by atoms with van der Waals surface area (Å²) in [5.41, 5.74) is 3.15. The van der Waals surface area contributed by atoms with E-state index in [9.17, 15) is 4.79 Å². The van der Waals surface area contributed by atoms with Gasteiger partial charge in [0, 0.05) is 18.2 Å². The smallest absolute Gasteiger partial charge is 0.251 e. The van der Waals surface area contributed by atoms with Crippen LogP contribution in [0.2, 0.25) is 0 Å². The van der Waals surface area contributed by atoms with Crippen LogP contribution in [0.15, 0.2) is 18.2 Å². The highest BCUT2D eigenvalue weighted by atomic mass is 35.5. The van der Waals surface area contributed by atoms with Crippen LogP contribution in [-0.2, 0) is 0 Å². The molecule has 3 nitrogen and oxygen atoms in total. The van der Waals surface area contributed by atoms with Crippen molar-refractivity contribution in [1.82, 2.24) is 10.6 Å². The Balaban J connectivity index is 0.00000180. The SMILES string of the molecule is Cc1ccc(C(=O)NC2CNCCC2C)cc1C.Cl. The van der Waals surface area contributed by atoms with Gasteiger partial charge >= 0.3 is 0 Å². The molecule has 1 fully saturated rings. The Hall–Kier alpha value is -1.06. The number of aryl methyl sites for hydroxylation is 2. The van der Waals surface area contributed by atoms with Gasteiger partial charge in [0.05, 0.1) is 0 Å². The van der Waals surface area contributed by atoms with E-state index in [1.54, 1.807) is 0 Å². The second-order valence-corrected chi connectivity index (χ2v) is 5.35. The molecule has 1 aliphatic rings. The predicted octanol–water partition coefficient (Wildman–Crippen LogP) is 2.45. The molecule has 2 atom stereocenters. The molecule has 19 heavy (non-hydrogen) atoms. The van der Waals surface area contributed by atoms with Crippen LogP contribution in [0.1, 0.15) is 34.8 Å². The highest BCUT2D eigenvalue weighted by Gasteiger charge is 2.22. The summed E-state index contributed by atoms with van der Waals surface area (Å²) in [7, 11) is 0. The van der Waals surface area contributed by atoms with Gasteiger partial charge < -0.3 is 10.6 Å². The maximum atomic E-state index is 12.2. The number of amides is 1. The molecule has 0 spiro atoms. The summed E-state index contributed by atoms with van der Waals surface area (Å²) in [6, 6.07) is 6.12. The fourth-order valence-electron chi connectivity index (χ4n) is 2.32. The summed E-state index contributed by atoms with van der Waals surface area (Å²) < 4.78 is 0. The number of hydrogen-bond acceptors (Lipinski definition) is 2. The number of halogens is 1. The molecule has 1 amide bonds. The molecule has 1 heterocycles. The van der Waals surface area contributed by atoms with Crippen LogP contribution in [0.25, 0.3) is 0 Å². The third-order valence-corrected chi connectivity index (χ3v) is 3.91. The third kappa shape index (κ3) is 3.95. The van der Waals surface area contributed by atoms with Crippen molar-refractivity contribution in [2.24, 2.45) is 5.92 Å². The van der Waals surface area contributed by atoms with E-state index >= 15 is 0 Å². The van der Waals surface area contributed by atoms with E-state index in [0.29, 0.717) is 5.92 Å². The normalized spacial score (nSPS) is 22.5. The van der Waals surface area contributed by atoms with Crippen LogP contribution in [0.3, 0.4) is 0 Å². The van der Waals surface area contributed by atoms with Gasteiger partial charge in [-0.1, -0.05) is 13.0 Å². The van der Waals surface area contributed by atoms with Gasteiger partial charge in [0.25, 0.3) is 5.91 Å². The van der Waals surface area contributed by atoms with Crippen LogP contribution in [0.4, 0.5) is 0 Å². The van der Waals surface area contributed by atoms with Crippen molar-refractivity contribution in [1.29, 1.82) is 0 Å². The number of hydrogen-bond donors (Lipinski definition) is 2. The quantitative estimate of drug-likeness (QED) is 0.875. The van der Waals surface area contributed by atoms with Gasteiger partial charge in [-0.25, -0.2) is 0 Å². The zero-order valence-electron chi connectivity index (χ0n) is 11.8. The van der Waals surface area contributed by atoms with Crippen LogP contribution >= 0.6 is 12.4 Å². The Morgan fingerprint density at radius 1 is 1.32 bits per heavy atom. The van der Waals surface area contributed by atoms with Gasteiger partial charge in [-0.15, -0.1) is 12.4 Å². The lowest BCUT2D eigenvalue weighted by Gasteiger charge is -2.30. The minimum atomic E-state index is 0. The first-order valence-electron chi connectivity index (χ1n) is 6.67. The minimum Gasteiger partial charge on any atom is -0.348 e. The lowest BCUT2D eigenvalue weighted by Crippen LogP contribution is -2.50. The largest absolute Gasteiger partial charge is 0.348 e. The van der Waals surface area contributed by atoms with E-state index in [0.717, 1.165) is 30.6 Å². The van der Waals surface area contributed by atoms with Gasteiger partial charge in [0.2, 0.25) is 0 Å². The molecule has 4 heteroatoms. The Labute approximate surface area is 121 Å². The van der Waals surface area contributed by atoms with Gasteiger partial charge in [0.15, 0.2) is 0 Å². The Morgan fingerprint density at radius 2 is 2.05 bits per heavy atom. The van der Waals surface area contributed by atoms with Crippen molar-refractivity contribution >= 4 is 18.3 Å². The topological polar surface area (TPSA) is 41.1 Å². The molecule has 2 rings (SSSR count).